The lowest BCUT2D eigenvalue weighted by Crippen LogP contribution is -1.90. The fourth-order valence-electron chi connectivity index (χ4n) is 0.501. The maximum atomic E-state index is 8.82. The van der Waals surface area contributed by atoms with Crippen LogP contribution >= 0.6 is 35.4 Å². The quantitative estimate of drug-likeness (QED) is 0.509. The minimum absolute atomic E-state index is 0.269. The average Bonchev–Trinajstić information content (AvgIpc) is 1.82. The van der Waals surface area contributed by atoms with E-state index in [2.05, 4.69) is 0 Å². The Kier molecular flexibility index (Phi) is 2.18. The van der Waals surface area contributed by atoms with Crippen LogP contribution in [0.1, 0.15) is 0 Å². The summed E-state index contributed by atoms with van der Waals surface area (Å²) in [5.74, 6) is 0. The molecule has 1 aromatic heterocycles. The minimum Gasteiger partial charge on any atom is -0.429 e. The van der Waals surface area contributed by atoms with E-state index in [1.54, 1.807) is 0 Å². The molecule has 5 heteroatoms. The summed E-state index contributed by atoms with van der Waals surface area (Å²) in [5.41, 5.74) is 0. The maximum Gasteiger partial charge on any atom is 0.0799 e. The molecule has 1 aromatic rings. The Hall–Kier alpha value is -0.250. The Morgan fingerprint density at radius 2 is 1.70 bits per heavy atom. The summed E-state index contributed by atoms with van der Waals surface area (Å²) in [6.07, 6.45) is 2.55. The number of pyridine rings is 1. The molecule has 0 fully saturated rings. The van der Waals surface area contributed by atoms with Crippen molar-refractivity contribution in [1.29, 1.82) is 0 Å². The summed E-state index contributed by atoms with van der Waals surface area (Å²) < 4.78 is 1.12. The largest absolute Gasteiger partial charge is 0.429 e. The minimum atomic E-state index is 0.269. The zero-order valence-electron chi connectivity index (χ0n) is 4.71. The van der Waals surface area contributed by atoms with Gasteiger partial charge in [0.25, 0.3) is 0 Å². The maximum absolute atomic E-state index is 8.82. The van der Waals surface area contributed by atoms with Crippen LogP contribution in [0.25, 0.3) is 0 Å². The first-order chi connectivity index (χ1) is 4.61. The summed E-state index contributed by atoms with van der Waals surface area (Å²) in [6, 6.07) is 0. The van der Waals surface area contributed by atoms with Crippen molar-refractivity contribution in [3.63, 3.8) is 0 Å². The van der Waals surface area contributed by atoms with Gasteiger partial charge in [-0.2, -0.15) is 4.73 Å². The Balaban J connectivity index is 3.46. The van der Waals surface area contributed by atoms with Crippen molar-refractivity contribution in [3.05, 3.63) is 26.9 Å². The fraction of sp³-hybridized carbons (Fsp3) is 0. The average molecular weight is 196 g/mol. The van der Waals surface area contributed by atoms with Crippen LogP contribution in [0.2, 0.25) is 10.0 Å². The molecule has 10 heavy (non-hydrogen) atoms. The number of rotatable bonds is 0. The third-order valence-corrected chi connectivity index (χ3v) is 2.16. The van der Waals surface area contributed by atoms with Crippen LogP contribution in [0.4, 0.5) is 0 Å². The number of nitrogens with zero attached hydrogens (tertiary/aromatic N) is 1. The van der Waals surface area contributed by atoms with Gasteiger partial charge in [-0.1, -0.05) is 35.4 Å². The molecule has 1 heterocycles. The van der Waals surface area contributed by atoms with Crippen molar-refractivity contribution < 1.29 is 5.21 Å². The number of hydrogen-bond donors (Lipinski definition) is 1. The molecule has 0 amide bonds. The fourth-order valence-corrected chi connectivity index (χ4v) is 1.06. The predicted molar refractivity (Wildman–Crippen MR) is 42.5 cm³/mol. The first kappa shape index (κ1) is 7.85. The van der Waals surface area contributed by atoms with Gasteiger partial charge in [0.2, 0.25) is 0 Å². The molecule has 0 aliphatic rings. The highest BCUT2D eigenvalue weighted by Crippen LogP contribution is 2.17. The van der Waals surface area contributed by atoms with Gasteiger partial charge in [0.05, 0.1) is 26.9 Å². The second-order valence-corrected chi connectivity index (χ2v) is 2.89. The molecular weight excluding hydrogens is 193 g/mol. The zero-order valence-corrected chi connectivity index (χ0v) is 7.04. The van der Waals surface area contributed by atoms with Gasteiger partial charge in [0, 0.05) is 0 Å². The van der Waals surface area contributed by atoms with Gasteiger partial charge in [-0.25, -0.2) is 0 Å². The Morgan fingerprint density at radius 3 is 2.10 bits per heavy atom. The molecular formula is C5H3Cl2NOS. The van der Waals surface area contributed by atoms with Crippen molar-refractivity contribution in [2.24, 2.45) is 0 Å². The summed E-state index contributed by atoms with van der Waals surface area (Å²) in [4.78, 5) is 0. The van der Waals surface area contributed by atoms with Crippen LogP contribution in [0.5, 0.6) is 0 Å². The van der Waals surface area contributed by atoms with Crippen LogP contribution in [0.3, 0.4) is 0 Å². The lowest BCUT2D eigenvalue weighted by Gasteiger charge is -1.97. The molecule has 0 unspecified atom stereocenters. The van der Waals surface area contributed by atoms with Crippen molar-refractivity contribution in [2.75, 3.05) is 0 Å². The Morgan fingerprint density at radius 1 is 1.30 bits per heavy atom. The molecule has 0 spiro atoms. The van der Waals surface area contributed by atoms with E-state index in [4.69, 9.17) is 40.6 Å². The molecule has 0 aliphatic heterocycles. The van der Waals surface area contributed by atoms with Gasteiger partial charge in [-0.15, -0.1) is 0 Å². The lowest BCUT2D eigenvalue weighted by molar-refractivity contribution is 0.184. The van der Waals surface area contributed by atoms with E-state index in [0.717, 1.165) is 4.73 Å². The first-order valence-electron chi connectivity index (χ1n) is 2.38. The van der Waals surface area contributed by atoms with Gasteiger partial charge in [0.1, 0.15) is 0 Å². The normalized spacial score (nSPS) is 9.80. The summed E-state index contributed by atoms with van der Waals surface area (Å²) >= 11 is 15.9. The molecule has 0 atom stereocenters. The highest BCUT2D eigenvalue weighted by molar-refractivity contribution is 7.71. The summed E-state index contributed by atoms with van der Waals surface area (Å²) in [6.45, 7) is 0. The van der Waals surface area contributed by atoms with Gasteiger partial charge < -0.3 is 5.21 Å². The molecule has 54 valence electrons. The van der Waals surface area contributed by atoms with Crippen molar-refractivity contribution in [2.45, 2.75) is 0 Å². The molecule has 2 nitrogen and oxygen atoms in total. The molecule has 0 aromatic carbocycles. The Labute approximate surface area is 72.6 Å². The van der Waals surface area contributed by atoms with Crippen LogP contribution in [0, 0.1) is 4.51 Å². The third-order valence-electron chi connectivity index (χ3n) is 0.925. The lowest BCUT2D eigenvalue weighted by atomic mass is 10.5. The standard InChI is InChI=1S/C5H3Cl2NOS/c6-3-1-8(9)2-4(7)5(3)10/h1-2,9H. The highest BCUT2D eigenvalue weighted by atomic mass is 35.5. The van der Waals surface area contributed by atoms with E-state index in [-0.39, 0.29) is 10.0 Å². The zero-order chi connectivity index (χ0) is 7.72. The molecule has 0 bridgehead atoms. The summed E-state index contributed by atoms with van der Waals surface area (Å²) in [5, 5.41) is 9.36. The number of halogens is 2. The van der Waals surface area contributed by atoms with E-state index in [1.165, 1.54) is 12.4 Å². The first-order valence-corrected chi connectivity index (χ1v) is 3.54. The van der Waals surface area contributed by atoms with Gasteiger partial charge in [-0.3, -0.25) is 0 Å². The SMILES string of the molecule is On1cc(Cl)c(=S)c(Cl)c1. The van der Waals surface area contributed by atoms with E-state index in [9.17, 15) is 0 Å². The molecule has 0 saturated heterocycles. The van der Waals surface area contributed by atoms with E-state index in [1.807, 2.05) is 0 Å². The van der Waals surface area contributed by atoms with Gasteiger partial charge in [-0.05, 0) is 0 Å². The number of hydrogen-bond acceptors (Lipinski definition) is 2. The van der Waals surface area contributed by atoms with Gasteiger partial charge >= 0.3 is 0 Å². The van der Waals surface area contributed by atoms with Crippen LogP contribution in [0.15, 0.2) is 12.4 Å². The van der Waals surface area contributed by atoms with Crippen molar-refractivity contribution in [1.82, 2.24) is 4.73 Å². The molecule has 0 aliphatic carbocycles. The van der Waals surface area contributed by atoms with Gasteiger partial charge in [0.15, 0.2) is 0 Å². The molecule has 1 N–H and O–H groups in total. The topological polar surface area (TPSA) is 25.2 Å². The van der Waals surface area contributed by atoms with Crippen LogP contribution < -0.4 is 0 Å². The molecule has 0 radical (unpaired) electrons. The van der Waals surface area contributed by atoms with Crippen LogP contribution in [-0.2, 0) is 0 Å². The molecule has 0 saturated carbocycles. The van der Waals surface area contributed by atoms with Crippen molar-refractivity contribution >= 4 is 35.4 Å². The number of aromatic nitrogens is 1. The molecule has 1 rings (SSSR count). The predicted octanol–water partition coefficient (Wildman–Crippen LogP) is 2.76. The van der Waals surface area contributed by atoms with E-state index in [0.29, 0.717) is 4.51 Å². The monoisotopic (exact) mass is 195 g/mol. The second-order valence-electron chi connectivity index (χ2n) is 1.66. The van der Waals surface area contributed by atoms with E-state index < -0.39 is 0 Å². The second kappa shape index (κ2) is 2.78. The third kappa shape index (κ3) is 1.42. The Bertz CT molecular complexity index is 283. The smallest absolute Gasteiger partial charge is 0.0799 e. The highest BCUT2D eigenvalue weighted by Gasteiger charge is 1.97. The summed E-state index contributed by atoms with van der Waals surface area (Å²) in [7, 11) is 0. The van der Waals surface area contributed by atoms with Crippen molar-refractivity contribution in [3.8, 4) is 0 Å². The van der Waals surface area contributed by atoms with E-state index >= 15 is 0 Å². The van der Waals surface area contributed by atoms with Crippen LogP contribution in [-0.4, -0.2) is 9.94 Å².